The molecule has 92 valence electrons. The maximum atomic E-state index is 5.54. The first-order valence-corrected chi connectivity index (χ1v) is 6.32. The molecule has 1 fully saturated rings. The van der Waals surface area contributed by atoms with Crippen LogP contribution in [0, 0.1) is 0 Å². The number of hydrogen-bond donors (Lipinski definition) is 1. The molecule has 1 aromatic rings. The fraction of sp³-hybridized carbons (Fsp3) is 0.571. The summed E-state index contributed by atoms with van der Waals surface area (Å²) in [4.78, 5) is 0. The number of rotatable bonds is 2. The summed E-state index contributed by atoms with van der Waals surface area (Å²) in [7, 11) is 3.43. The SMILES string of the molecule is COc1ccc2c(c1OC)CC[C@H]1NCC[C@@H]21. The van der Waals surface area contributed by atoms with Crippen molar-refractivity contribution in [2.45, 2.75) is 31.2 Å². The summed E-state index contributed by atoms with van der Waals surface area (Å²) in [5.41, 5.74) is 2.82. The Balaban J connectivity index is 2.09. The zero-order chi connectivity index (χ0) is 11.8. The predicted octanol–water partition coefficient (Wildman–Crippen LogP) is 2.10. The van der Waals surface area contributed by atoms with Crippen molar-refractivity contribution in [2.75, 3.05) is 20.8 Å². The Morgan fingerprint density at radius 3 is 2.82 bits per heavy atom. The minimum absolute atomic E-state index is 0.665. The average Bonchev–Trinajstić information content (AvgIpc) is 2.85. The normalized spacial score (nSPS) is 26.2. The molecule has 1 aliphatic heterocycles. The minimum Gasteiger partial charge on any atom is -0.493 e. The Morgan fingerprint density at radius 2 is 2.06 bits per heavy atom. The van der Waals surface area contributed by atoms with Crippen LogP contribution < -0.4 is 14.8 Å². The topological polar surface area (TPSA) is 30.5 Å². The quantitative estimate of drug-likeness (QED) is 0.848. The lowest BCUT2D eigenvalue weighted by Gasteiger charge is -2.29. The van der Waals surface area contributed by atoms with Crippen molar-refractivity contribution in [3.8, 4) is 11.5 Å². The molecule has 0 unspecified atom stereocenters. The van der Waals surface area contributed by atoms with E-state index in [0.29, 0.717) is 12.0 Å². The summed E-state index contributed by atoms with van der Waals surface area (Å²) in [6.45, 7) is 1.14. The molecule has 3 nitrogen and oxygen atoms in total. The van der Waals surface area contributed by atoms with Gasteiger partial charge in [-0.3, -0.25) is 0 Å². The van der Waals surface area contributed by atoms with Crippen molar-refractivity contribution in [1.82, 2.24) is 5.32 Å². The molecule has 0 radical (unpaired) electrons. The van der Waals surface area contributed by atoms with Crippen LogP contribution in [0.5, 0.6) is 11.5 Å². The summed E-state index contributed by atoms with van der Waals surface area (Å²) >= 11 is 0. The van der Waals surface area contributed by atoms with Gasteiger partial charge in [0.05, 0.1) is 14.2 Å². The first-order valence-electron chi connectivity index (χ1n) is 6.32. The third-order valence-corrected chi connectivity index (χ3v) is 4.14. The van der Waals surface area contributed by atoms with Crippen LogP contribution in [-0.4, -0.2) is 26.8 Å². The maximum Gasteiger partial charge on any atom is 0.164 e. The molecule has 1 saturated heterocycles. The van der Waals surface area contributed by atoms with Gasteiger partial charge >= 0.3 is 0 Å². The van der Waals surface area contributed by atoms with Gasteiger partial charge in [-0.15, -0.1) is 0 Å². The summed E-state index contributed by atoms with van der Waals surface area (Å²) < 4.78 is 10.9. The molecule has 0 bridgehead atoms. The van der Waals surface area contributed by atoms with Gasteiger partial charge < -0.3 is 14.8 Å². The van der Waals surface area contributed by atoms with Crippen LogP contribution in [0.1, 0.15) is 29.9 Å². The van der Waals surface area contributed by atoms with E-state index in [1.807, 2.05) is 6.07 Å². The summed E-state index contributed by atoms with van der Waals surface area (Å²) in [5.74, 6) is 2.46. The molecule has 3 heteroatoms. The average molecular weight is 233 g/mol. The Bertz CT molecular complexity index is 430. The van der Waals surface area contributed by atoms with E-state index in [2.05, 4.69) is 11.4 Å². The van der Waals surface area contributed by atoms with Crippen molar-refractivity contribution >= 4 is 0 Å². The third kappa shape index (κ3) is 1.61. The van der Waals surface area contributed by atoms with E-state index < -0.39 is 0 Å². The van der Waals surface area contributed by atoms with Crippen LogP contribution in [0.4, 0.5) is 0 Å². The highest BCUT2D eigenvalue weighted by molar-refractivity contribution is 5.53. The number of ether oxygens (including phenoxy) is 2. The smallest absolute Gasteiger partial charge is 0.164 e. The van der Waals surface area contributed by atoms with E-state index in [0.717, 1.165) is 24.5 Å². The molecular formula is C14H19NO2. The third-order valence-electron chi connectivity index (χ3n) is 4.14. The first kappa shape index (κ1) is 10.9. The van der Waals surface area contributed by atoms with Crippen molar-refractivity contribution < 1.29 is 9.47 Å². The van der Waals surface area contributed by atoms with Gasteiger partial charge in [-0.1, -0.05) is 6.07 Å². The fourth-order valence-corrected chi connectivity index (χ4v) is 3.35. The lowest BCUT2D eigenvalue weighted by Crippen LogP contribution is -2.30. The number of nitrogens with one attached hydrogen (secondary N) is 1. The zero-order valence-corrected chi connectivity index (χ0v) is 10.5. The zero-order valence-electron chi connectivity index (χ0n) is 10.5. The Labute approximate surface area is 102 Å². The van der Waals surface area contributed by atoms with Crippen molar-refractivity contribution in [3.63, 3.8) is 0 Å². The minimum atomic E-state index is 0.665. The highest BCUT2D eigenvalue weighted by Gasteiger charge is 2.34. The second-order valence-corrected chi connectivity index (χ2v) is 4.86. The molecule has 2 atom stereocenters. The van der Waals surface area contributed by atoms with Crippen LogP contribution in [0.3, 0.4) is 0 Å². The Kier molecular flexibility index (Phi) is 2.71. The Morgan fingerprint density at radius 1 is 1.18 bits per heavy atom. The number of methoxy groups -OCH3 is 2. The van der Waals surface area contributed by atoms with E-state index in [-0.39, 0.29) is 0 Å². The van der Waals surface area contributed by atoms with E-state index in [1.165, 1.54) is 24.0 Å². The molecule has 0 saturated carbocycles. The van der Waals surface area contributed by atoms with Gasteiger partial charge in [-0.2, -0.15) is 0 Å². The van der Waals surface area contributed by atoms with Crippen molar-refractivity contribution in [2.24, 2.45) is 0 Å². The molecule has 0 amide bonds. The van der Waals surface area contributed by atoms with Crippen LogP contribution in [0.2, 0.25) is 0 Å². The molecule has 2 aliphatic rings. The fourth-order valence-electron chi connectivity index (χ4n) is 3.35. The van der Waals surface area contributed by atoms with E-state index in [9.17, 15) is 0 Å². The van der Waals surface area contributed by atoms with Gasteiger partial charge in [-0.05, 0) is 37.4 Å². The number of hydrogen-bond acceptors (Lipinski definition) is 3. The maximum absolute atomic E-state index is 5.54. The summed E-state index contributed by atoms with van der Waals surface area (Å²) in [6.07, 6.45) is 3.54. The molecule has 1 heterocycles. The summed E-state index contributed by atoms with van der Waals surface area (Å²) in [5, 5.41) is 3.59. The lowest BCUT2D eigenvalue weighted by molar-refractivity contribution is 0.346. The molecule has 1 aliphatic carbocycles. The van der Waals surface area contributed by atoms with Crippen LogP contribution in [-0.2, 0) is 6.42 Å². The van der Waals surface area contributed by atoms with Crippen LogP contribution in [0.15, 0.2) is 12.1 Å². The highest BCUT2D eigenvalue weighted by atomic mass is 16.5. The second kappa shape index (κ2) is 4.22. The molecule has 1 aromatic carbocycles. The first-order chi connectivity index (χ1) is 8.35. The Hall–Kier alpha value is -1.22. The number of benzene rings is 1. The molecule has 0 aromatic heterocycles. The van der Waals surface area contributed by atoms with Crippen molar-refractivity contribution in [1.29, 1.82) is 0 Å². The standard InChI is InChI=1S/C14H19NO2/c1-16-13-6-4-9-10-7-8-15-12(10)5-3-11(9)14(13)17-2/h4,6,10,12,15H,3,5,7-8H2,1-2H3/t10-,12+/m0/s1. The molecule has 0 spiro atoms. The highest BCUT2D eigenvalue weighted by Crippen LogP contribution is 2.44. The van der Waals surface area contributed by atoms with E-state index in [4.69, 9.17) is 9.47 Å². The second-order valence-electron chi connectivity index (χ2n) is 4.86. The van der Waals surface area contributed by atoms with E-state index in [1.54, 1.807) is 14.2 Å². The van der Waals surface area contributed by atoms with Gasteiger partial charge in [-0.25, -0.2) is 0 Å². The predicted molar refractivity (Wildman–Crippen MR) is 67.0 cm³/mol. The van der Waals surface area contributed by atoms with Gasteiger partial charge in [0.15, 0.2) is 11.5 Å². The lowest BCUT2D eigenvalue weighted by atomic mass is 9.79. The van der Waals surface area contributed by atoms with Gasteiger partial charge in [0.2, 0.25) is 0 Å². The van der Waals surface area contributed by atoms with Crippen molar-refractivity contribution in [3.05, 3.63) is 23.3 Å². The molecule has 3 rings (SSSR count). The van der Waals surface area contributed by atoms with Gasteiger partial charge in [0.25, 0.3) is 0 Å². The van der Waals surface area contributed by atoms with E-state index >= 15 is 0 Å². The molecular weight excluding hydrogens is 214 g/mol. The van der Waals surface area contributed by atoms with Gasteiger partial charge in [0.1, 0.15) is 0 Å². The van der Waals surface area contributed by atoms with Gasteiger partial charge in [0, 0.05) is 17.5 Å². The monoisotopic (exact) mass is 233 g/mol. The van der Waals surface area contributed by atoms with Crippen LogP contribution in [0.25, 0.3) is 0 Å². The van der Waals surface area contributed by atoms with Crippen LogP contribution >= 0.6 is 0 Å². The number of fused-ring (bicyclic) bond motifs is 3. The summed E-state index contributed by atoms with van der Waals surface area (Å²) in [6, 6.07) is 4.93. The molecule has 1 N–H and O–H groups in total. The largest absolute Gasteiger partial charge is 0.493 e. The molecule has 17 heavy (non-hydrogen) atoms.